The molecule has 2 aromatic rings. The van der Waals surface area contributed by atoms with Crippen molar-refractivity contribution in [2.24, 2.45) is 0 Å². The fourth-order valence-electron chi connectivity index (χ4n) is 2.10. The number of anilines is 1. The molecule has 0 radical (unpaired) electrons. The first kappa shape index (κ1) is 15.8. The Bertz CT molecular complexity index is 636. The molecule has 114 valence electrons. The molecule has 22 heavy (non-hydrogen) atoms. The number of benzene rings is 2. The van der Waals surface area contributed by atoms with E-state index in [9.17, 15) is 9.59 Å². The van der Waals surface area contributed by atoms with Gasteiger partial charge in [0.2, 0.25) is 0 Å². The topological polar surface area (TPSA) is 58.2 Å². The fourth-order valence-corrected chi connectivity index (χ4v) is 2.10. The van der Waals surface area contributed by atoms with Gasteiger partial charge in [0, 0.05) is 5.69 Å². The third-order valence-electron chi connectivity index (χ3n) is 3.47. The number of hydrogen-bond donors (Lipinski definition) is 2. The lowest BCUT2D eigenvalue weighted by Gasteiger charge is -2.14. The van der Waals surface area contributed by atoms with Crippen LogP contribution >= 0.6 is 0 Å². The van der Waals surface area contributed by atoms with Gasteiger partial charge in [-0.25, -0.2) is 0 Å². The summed E-state index contributed by atoms with van der Waals surface area (Å²) < 4.78 is 0. The van der Waals surface area contributed by atoms with Gasteiger partial charge >= 0.3 is 11.8 Å². The van der Waals surface area contributed by atoms with Crippen molar-refractivity contribution in [2.45, 2.75) is 26.3 Å². The van der Waals surface area contributed by atoms with Crippen molar-refractivity contribution in [1.29, 1.82) is 0 Å². The van der Waals surface area contributed by atoms with Crippen LogP contribution in [0.25, 0.3) is 0 Å². The van der Waals surface area contributed by atoms with Crippen molar-refractivity contribution in [3.63, 3.8) is 0 Å². The number of nitrogens with one attached hydrogen (secondary N) is 2. The zero-order chi connectivity index (χ0) is 15.9. The standard InChI is InChI=1S/C18H20N2O2/c1-3-14-9-11-16(12-10-14)20-18(22)17(21)19-13(2)15-7-5-4-6-8-15/h4-13H,3H2,1-2H3,(H,19,21)(H,20,22)/t13-/m0/s1. The van der Waals surface area contributed by atoms with Crippen LogP contribution in [0.2, 0.25) is 0 Å². The summed E-state index contributed by atoms with van der Waals surface area (Å²) in [5, 5.41) is 5.29. The third kappa shape index (κ3) is 4.19. The van der Waals surface area contributed by atoms with Crippen LogP contribution in [0.4, 0.5) is 5.69 Å². The van der Waals surface area contributed by atoms with E-state index < -0.39 is 11.8 Å². The molecule has 0 spiro atoms. The minimum atomic E-state index is -0.660. The van der Waals surface area contributed by atoms with Crippen molar-refractivity contribution in [1.82, 2.24) is 5.32 Å². The number of hydrogen-bond acceptors (Lipinski definition) is 2. The van der Waals surface area contributed by atoms with E-state index in [-0.39, 0.29) is 6.04 Å². The molecule has 0 aliphatic carbocycles. The lowest BCUT2D eigenvalue weighted by molar-refractivity contribution is -0.136. The Balaban J connectivity index is 1.93. The number of carbonyl (C=O) groups is 2. The summed E-state index contributed by atoms with van der Waals surface area (Å²) in [6.07, 6.45) is 0.934. The van der Waals surface area contributed by atoms with Crippen LogP contribution in [-0.4, -0.2) is 11.8 Å². The first-order valence-electron chi connectivity index (χ1n) is 7.36. The van der Waals surface area contributed by atoms with Crippen LogP contribution < -0.4 is 10.6 Å². The largest absolute Gasteiger partial charge is 0.341 e. The Morgan fingerprint density at radius 1 is 0.955 bits per heavy atom. The lowest BCUT2D eigenvalue weighted by Crippen LogP contribution is -2.36. The first-order valence-corrected chi connectivity index (χ1v) is 7.36. The van der Waals surface area contributed by atoms with Gasteiger partial charge in [-0.1, -0.05) is 49.4 Å². The molecular formula is C18H20N2O2. The number of carbonyl (C=O) groups excluding carboxylic acids is 2. The molecule has 0 aliphatic rings. The van der Waals surface area contributed by atoms with Crippen LogP contribution in [0.15, 0.2) is 54.6 Å². The Morgan fingerprint density at radius 3 is 2.18 bits per heavy atom. The number of rotatable bonds is 4. The quantitative estimate of drug-likeness (QED) is 0.852. The van der Waals surface area contributed by atoms with Gasteiger partial charge in [-0.2, -0.15) is 0 Å². The third-order valence-corrected chi connectivity index (χ3v) is 3.47. The second-order valence-corrected chi connectivity index (χ2v) is 5.11. The SMILES string of the molecule is CCc1ccc(NC(=O)C(=O)N[C@@H](C)c2ccccc2)cc1. The highest BCUT2D eigenvalue weighted by molar-refractivity contribution is 6.39. The first-order chi connectivity index (χ1) is 10.6. The Morgan fingerprint density at radius 2 is 1.59 bits per heavy atom. The molecule has 4 heteroatoms. The van der Waals surface area contributed by atoms with Gasteiger partial charge in [0.25, 0.3) is 0 Å². The lowest BCUT2D eigenvalue weighted by atomic mass is 10.1. The van der Waals surface area contributed by atoms with E-state index >= 15 is 0 Å². The molecule has 0 heterocycles. The Labute approximate surface area is 130 Å². The van der Waals surface area contributed by atoms with E-state index in [2.05, 4.69) is 17.6 Å². The van der Waals surface area contributed by atoms with E-state index in [1.165, 1.54) is 5.56 Å². The molecule has 2 N–H and O–H groups in total. The molecule has 0 saturated carbocycles. The van der Waals surface area contributed by atoms with Crippen molar-refractivity contribution in [3.8, 4) is 0 Å². The molecule has 2 rings (SSSR count). The molecule has 0 unspecified atom stereocenters. The van der Waals surface area contributed by atoms with Gasteiger partial charge in [-0.05, 0) is 36.6 Å². The minimum Gasteiger partial charge on any atom is -0.341 e. The van der Waals surface area contributed by atoms with Gasteiger partial charge in [-0.3, -0.25) is 9.59 Å². The second-order valence-electron chi connectivity index (χ2n) is 5.11. The average Bonchev–Trinajstić information content (AvgIpc) is 2.56. The Kier molecular flexibility index (Phi) is 5.31. The smallest absolute Gasteiger partial charge is 0.313 e. The molecule has 0 saturated heterocycles. The monoisotopic (exact) mass is 296 g/mol. The molecule has 0 aliphatic heterocycles. The van der Waals surface area contributed by atoms with Crippen LogP contribution in [0.3, 0.4) is 0 Å². The molecule has 1 atom stereocenters. The Hall–Kier alpha value is -2.62. The summed E-state index contributed by atoms with van der Waals surface area (Å²) in [5.41, 5.74) is 2.75. The zero-order valence-electron chi connectivity index (χ0n) is 12.8. The highest BCUT2D eigenvalue weighted by Crippen LogP contribution is 2.12. The predicted octanol–water partition coefficient (Wildman–Crippen LogP) is 3.06. The number of aryl methyl sites for hydroxylation is 1. The van der Waals surface area contributed by atoms with Crippen molar-refractivity contribution < 1.29 is 9.59 Å². The van der Waals surface area contributed by atoms with E-state index in [0.717, 1.165) is 12.0 Å². The van der Waals surface area contributed by atoms with Crippen molar-refractivity contribution >= 4 is 17.5 Å². The molecule has 4 nitrogen and oxygen atoms in total. The summed E-state index contributed by atoms with van der Waals surface area (Å²) >= 11 is 0. The van der Waals surface area contributed by atoms with Crippen molar-refractivity contribution in [2.75, 3.05) is 5.32 Å². The normalized spacial score (nSPS) is 11.5. The average molecular weight is 296 g/mol. The summed E-state index contributed by atoms with van der Waals surface area (Å²) in [6, 6.07) is 16.8. The maximum atomic E-state index is 11.9. The van der Waals surface area contributed by atoms with Gasteiger partial charge in [0.1, 0.15) is 0 Å². The maximum absolute atomic E-state index is 11.9. The predicted molar refractivity (Wildman–Crippen MR) is 87.4 cm³/mol. The summed E-state index contributed by atoms with van der Waals surface area (Å²) in [5.74, 6) is -1.30. The van der Waals surface area contributed by atoms with Gasteiger partial charge in [0.05, 0.1) is 6.04 Å². The summed E-state index contributed by atoms with van der Waals surface area (Å²) in [7, 11) is 0. The highest BCUT2D eigenvalue weighted by Gasteiger charge is 2.16. The second kappa shape index (κ2) is 7.41. The molecular weight excluding hydrogens is 276 g/mol. The van der Waals surface area contributed by atoms with E-state index in [1.54, 1.807) is 12.1 Å². The van der Waals surface area contributed by atoms with Gasteiger partial charge in [-0.15, -0.1) is 0 Å². The van der Waals surface area contributed by atoms with Gasteiger partial charge in [0.15, 0.2) is 0 Å². The van der Waals surface area contributed by atoms with Crippen LogP contribution in [0.1, 0.15) is 31.0 Å². The zero-order valence-corrected chi connectivity index (χ0v) is 12.8. The van der Waals surface area contributed by atoms with Crippen molar-refractivity contribution in [3.05, 3.63) is 65.7 Å². The maximum Gasteiger partial charge on any atom is 0.313 e. The van der Waals surface area contributed by atoms with Crippen LogP contribution in [0, 0.1) is 0 Å². The fraction of sp³-hybridized carbons (Fsp3) is 0.222. The van der Waals surface area contributed by atoms with Crippen LogP contribution in [0.5, 0.6) is 0 Å². The van der Waals surface area contributed by atoms with E-state index in [1.807, 2.05) is 49.4 Å². The van der Waals surface area contributed by atoms with E-state index in [0.29, 0.717) is 5.69 Å². The van der Waals surface area contributed by atoms with Crippen LogP contribution in [-0.2, 0) is 16.0 Å². The molecule has 0 aromatic heterocycles. The van der Waals surface area contributed by atoms with Gasteiger partial charge < -0.3 is 10.6 Å². The highest BCUT2D eigenvalue weighted by atomic mass is 16.2. The van der Waals surface area contributed by atoms with E-state index in [4.69, 9.17) is 0 Å². The molecule has 2 aromatic carbocycles. The minimum absolute atomic E-state index is 0.220. The summed E-state index contributed by atoms with van der Waals surface area (Å²) in [4.78, 5) is 23.8. The number of amides is 2. The summed E-state index contributed by atoms with van der Waals surface area (Å²) in [6.45, 7) is 3.91. The molecule has 2 amide bonds. The molecule has 0 fully saturated rings. The molecule has 0 bridgehead atoms.